The zero-order valence-electron chi connectivity index (χ0n) is 10.5. The number of rotatable bonds is 4. The lowest BCUT2D eigenvalue weighted by Gasteiger charge is -2.31. The first-order valence-electron chi connectivity index (χ1n) is 6.28. The lowest BCUT2D eigenvalue weighted by Crippen LogP contribution is -3.29. The van der Waals surface area contributed by atoms with Crippen LogP contribution in [-0.2, 0) is 11.3 Å². The number of nitrogens with two attached hydrogens (primary N) is 1. The highest BCUT2D eigenvalue weighted by molar-refractivity contribution is 9.11. The highest BCUT2D eigenvalue weighted by Gasteiger charge is 2.29. The second-order valence-electron chi connectivity index (χ2n) is 4.91. The van der Waals surface area contributed by atoms with Gasteiger partial charge in [0.2, 0.25) is 0 Å². The van der Waals surface area contributed by atoms with Crippen LogP contribution in [0.4, 0.5) is 0 Å². The third-order valence-electron chi connectivity index (χ3n) is 3.69. The van der Waals surface area contributed by atoms with E-state index in [1.54, 1.807) is 4.90 Å². The van der Waals surface area contributed by atoms with E-state index in [1.807, 2.05) is 18.3 Å². The minimum absolute atomic E-state index is 0.0533. The summed E-state index contributed by atoms with van der Waals surface area (Å²) in [6.07, 6.45) is 0. The molecule has 1 aromatic rings. The number of amides is 1. The standard InChI is InChI=1S/C12H18BrN3OS/c1-9(12(14)17)16-6-4-15(5-7-16)8-10-2-3-11(13)18-10/h2-3,9H,4-8H2,1H3,(H2,14,17)/p+2/t9-/m0/s1. The van der Waals surface area contributed by atoms with Crippen LogP contribution in [0.25, 0.3) is 0 Å². The number of quaternary nitrogens is 2. The number of carbonyl (C=O) groups excluding carboxylic acids is 1. The zero-order valence-corrected chi connectivity index (χ0v) is 12.9. The van der Waals surface area contributed by atoms with Crippen molar-refractivity contribution in [2.45, 2.75) is 19.5 Å². The van der Waals surface area contributed by atoms with Gasteiger partial charge in [0.05, 0.1) is 8.66 Å². The molecule has 0 saturated carbocycles. The van der Waals surface area contributed by atoms with Crippen molar-refractivity contribution in [3.8, 4) is 0 Å². The molecule has 18 heavy (non-hydrogen) atoms. The van der Waals surface area contributed by atoms with E-state index < -0.39 is 0 Å². The average molecular weight is 334 g/mol. The van der Waals surface area contributed by atoms with Crippen molar-refractivity contribution in [1.82, 2.24) is 0 Å². The summed E-state index contributed by atoms with van der Waals surface area (Å²) in [5.74, 6) is -0.185. The molecule has 4 nitrogen and oxygen atoms in total. The number of halogens is 1. The Balaban J connectivity index is 1.81. The molecule has 1 fully saturated rings. The Kier molecular flexibility index (Phi) is 4.77. The maximum Gasteiger partial charge on any atom is 0.275 e. The number of thiophene rings is 1. The van der Waals surface area contributed by atoms with E-state index in [2.05, 4.69) is 28.1 Å². The minimum Gasteiger partial charge on any atom is -0.365 e. The molecule has 1 amide bonds. The molecule has 0 radical (unpaired) electrons. The SMILES string of the molecule is C[C@@H](C(N)=O)[NH+]1CC[NH+](Cc2ccc(Br)s2)CC1. The summed E-state index contributed by atoms with van der Waals surface area (Å²) >= 11 is 5.30. The summed E-state index contributed by atoms with van der Waals surface area (Å²) in [6, 6.07) is 4.24. The van der Waals surface area contributed by atoms with Gasteiger partial charge in [-0.2, -0.15) is 0 Å². The van der Waals surface area contributed by atoms with Crippen LogP contribution >= 0.6 is 27.3 Å². The van der Waals surface area contributed by atoms with Crippen molar-refractivity contribution in [2.24, 2.45) is 5.73 Å². The maximum atomic E-state index is 11.2. The summed E-state index contributed by atoms with van der Waals surface area (Å²) in [5.41, 5.74) is 5.36. The average Bonchev–Trinajstić information content (AvgIpc) is 2.75. The van der Waals surface area contributed by atoms with Gasteiger partial charge in [0.25, 0.3) is 5.91 Å². The molecule has 0 spiro atoms. The largest absolute Gasteiger partial charge is 0.365 e. The van der Waals surface area contributed by atoms with Crippen LogP contribution in [0.3, 0.4) is 0 Å². The van der Waals surface area contributed by atoms with Gasteiger partial charge in [-0.25, -0.2) is 0 Å². The summed E-state index contributed by atoms with van der Waals surface area (Å²) in [4.78, 5) is 15.5. The first-order valence-corrected chi connectivity index (χ1v) is 7.89. The lowest BCUT2D eigenvalue weighted by molar-refractivity contribution is -1.02. The topological polar surface area (TPSA) is 52.0 Å². The zero-order chi connectivity index (χ0) is 13.1. The number of primary amides is 1. The molecule has 2 rings (SSSR count). The summed E-state index contributed by atoms with van der Waals surface area (Å²) in [5, 5.41) is 0. The molecule has 1 atom stereocenters. The minimum atomic E-state index is -0.185. The highest BCUT2D eigenvalue weighted by atomic mass is 79.9. The van der Waals surface area contributed by atoms with E-state index >= 15 is 0 Å². The monoisotopic (exact) mass is 333 g/mol. The predicted octanol–water partition coefficient (Wildman–Crippen LogP) is -1.33. The molecular formula is C12H20BrN3OS+2. The molecule has 1 saturated heterocycles. The first kappa shape index (κ1) is 14.0. The summed E-state index contributed by atoms with van der Waals surface area (Å²) in [7, 11) is 0. The Labute approximate surface area is 120 Å². The molecule has 0 aliphatic carbocycles. The van der Waals surface area contributed by atoms with Crippen LogP contribution in [-0.4, -0.2) is 38.1 Å². The number of hydrogen-bond donors (Lipinski definition) is 3. The Morgan fingerprint density at radius 2 is 2.11 bits per heavy atom. The third kappa shape index (κ3) is 3.54. The fraction of sp³-hybridized carbons (Fsp3) is 0.583. The molecule has 2 heterocycles. The Morgan fingerprint density at radius 1 is 1.44 bits per heavy atom. The molecule has 6 heteroatoms. The molecule has 0 unspecified atom stereocenters. The van der Waals surface area contributed by atoms with Crippen molar-refractivity contribution in [2.75, 3.05) is 26.2 Å². The molecular weight excluding hydrogens is 314 g/mol. The molecule has 0 bridgehead atoms. The molecule has 1 aliphatic heterocycles. The quantitative estimate of drug-likeness (QED) is 0.628. The highest BCUT2D eigenvalue weighted by Crippen LogP contribution is 2.21. The van der Waals surface area contributed by atoms with Crippen LogP contribution in [0.15, 0.2) is 15.9 Å². The fourth-order valence-electron chi connectivity index (χ4n) is 2.43. The first-order chi connectivity index (χ1) is 8.56. The van der Waals surface area contributed by atoms with Gasteiger partial charge < -0.3 is 15.5 Å². The van der Waals surface area contributed by atoms with Crippen molar-refractivity contribution in [3.63, 3.8) is 0 Å². The van der Waals surface area contributed by atoms with E-state index in [4.69, 9.17) is 5.73 Å². The van der Waals surface area contributed by atoms with E-state index in [0.29, 0.717) is 0 Å². The van der Waals surface area contributed by atoms with Gasteiger partial charge >= 0.3 is 0 Å². The van der Waals surface area contributed by atoms with E-state index in [0.717, 1.165) is 32.7 Å². The molecule has 1 aromatic heterocycles. The summed E-state index contributed by atoms with van der Waals surface area (Å²) in [6.45, 7) is 7.32. The molecule has 1 aliphatic rings. The van der Waals surface area contributed by atoms with Gasteiger partial charge in [-0.05, 0) is 35.0 Å². The number of hydrogen-bond acceptors (Lipinski definition) is 2. The van der Waals surface area contributed by atoms with E-state index in [1.165, 1.54) is 13.6 Å². The fourth-order valence-corrected chi connectivity index (χ4v) is 3.98. The van der Waals surface area contributed by atoms with E-state index in [-0.39, 0.29) is 11.9 Å². The second kappa shape index (κ2) is 6.14. The number of carbonyl (C=O) groups is 1. The maximum absolute atomic E-state index is 11.2. The van der Waals surface area contributed by atoms with Crippen LogP contribution in [0.2, 0.25) is 0 Å². The van der Waals surface area contributed by atoms with Crippen LogP contribution in [0.5, 0.6) is 0 Å². The van der Waals surface area contributed by atoms with Gasteiger partial charge in [0.15, 0.2) is 6.04 Å². The van der Waals surface area contributed by atoms with Crippen molar-refractivity contribution in [1.29, 1.82) is 0 Å². The number of nitrogens with one attached hydrogen (secondary N) is 2. The Hall–Kier alpha value is -0.430. The van der Waals surface area contributed by atoms with Crippen molar-refractivity contribution >= 4 is 33.2 Å². The van der Waals surface area contributed by atoms with Gasteiger partial charge in [-0.15, -0.1) is 11.3 Å². The second-order valence-corrected chi connectivity index (χ2v) is 7.46. The van der Waals surface area contributed by atoms with Gasteiger partial charge in [-0.3, -0.25) is 4.79 Å². The smallest absolute Gasteiger partial charge is 0.275 e. The molecule has 100 valence electrons. The Bertz CT molecular complexity index is 415. The van der Waals surface area contributed by atoms with Crippen molar-refractivity contribution in [3.05, 3.63) is 20.8 Å². The van der Waals surface area contributed by atoms with Crippen molar-refractivity contribution < 1.29 is 14.6 Å². The number of piperazine rings is 1. The van der Waals surface area contributed by atoms with Crippen LogP contribution < -0.4 is 15.5 Å². The molecule has 4 N–H and O–H groups in total. The van der Waals surface area contributed by atoms with Gasteiger partial charge in [0.1, 0.15) is 32.7 Å². The molecule has 0 aromatic carbocycles. The summed E-state index contributed by atoms with van der Waals surface area (Å²) < 4.78 is 1.20. The van der Waals surface area contributed by atoms with Crippen LogP contribution in [0, 0.1) is 0 Å². The Morgan fingerprint density at radius 3 is 2.61 bits per heavy atom. The third-order valence-corrected chi connectivity index (χ3v) is 5.32. The van der Waals surface area contributed by atoms with E-state index in [9.17, 15) is 4.79 Å². The normalized spacial score (nSPS) is 25.9. The van der Waals surface area contributed by atoms with Crippen LogP contribution in [0.1, 0.15) is 11.8 Å². The lowest BCUT2D eigenvalue weighted by atomic mass is 10.2. The predicted molar refractivity (Wildman–Crippen MR) is 75.8 cm³/mol. The van der Waals surface area contributed by atoms with Gasteiger partial charge in [-0.1, -0.05) is 0 Å². The van der Waals surface area contributed by atoms with Gasteiger partial charge in [0, 0.05) is 0 Å².